The minimum Gasteiger partial charge on any atom is -0.458 e. The molecular formula is C22H26N4O8. The van der Waals surface area contributed by atoms with Crippen LogP contribution in [0.3, 0.4) is 0 Å². The van der Waals surface area contributed by atoms with E-state index in [0.717, 1.165) is 16.2 Å². The Morgan fingerprint density at radius 1 is 1.35 bits per heavy atom. The zero-order valence-electron chi connectivity index (χ0n) is 18.3. The highest BCUT2D eigenvalue weighted by Gasteiger charge is 2.44. The van der Waals surface area contributed by atoms with Crippen molar-refractivity contribution in [3.63, 3.8) is 0 Å². The molecule has 0 saturated carbocycles. The third-order valence-corrected chi connectivity index (χ3v) is 5.13. The molecule has 3 heterocycles. The summed E-state index contributed by atoms with van der Waals surface area (Å²) in [7, 11) is 0. The zero-order chi connectivity index (χ0) is 24.8. The molecule has 1 aliphatic rings. The highest BCUT2D eigenvalue weighted by molar-refractivity contribution is 5.93. The highest BCUT2D eigenvalue weighted by Crippen LogP contribution is 2.26. The van der Waals surface area contributed by atoms with E-state index in [4.69, 9.17) is 9.47 Å². The topological polar surface area (TPSA) is 175 Å². The first-order chi connectivity index (χ1) is 16.3. The van der Waals surface area contributed by atoms with Gasteiger partial charge in [0.2, 0.25) is 6.29 Å². The molecule has 12 nitrogen and oxygen atoms in total. The lowest BCUT2D eigenvalue weighted by molar-refractivity contribution is -0.277. The lowest BCUT2D eigenvalue weighted by Crippen LogP contribution is -2.60. The fraction of sp³-hybridized carbons (Fsp3) is 0.364. The molecule has 5 atom stereocenters. The second-order valence-corrected chi connectivity index (χ2v) is 7.58. The maximum Gasteiger partial charge on any atom is 0.270 e. The summed E-state index contributed by atoms with van der Waals surface area (Å²) >= 11 is 0. The first kappa shape index (κ1) is 25.2. The number of carbonyl (C=O) groups excluding carboxylic acids is 1. The zero-order valence-corrected chi connectivity index (χ0v) is 18.3. The van der Waals surface area contributed by atoms with Crippen LogP contribution in [-0.2, 0) is 4.74 Å². The Kier molecular flexibility index (Phi) is 8.26. The van der Waals surface area contributed by atoms with Crippen molar-refractivity contribution in [2.75, 3.05) is 13.2 Å². The fourth-order valence-corrected chi connectivity index (χ4v) is 3.26. The van der Waals surface area contributed by atoms with Crippen LogP contribution >= 0.6 is 0 Å². The summed E-state index contributed by atoms with van der Waals surface area (Å²) in [5.41, 5.74) is -0.00538. The summed E-state index contributed by atoms with van der Waals surface area (Å²) in [5, 5.41) is 42.0. The van der Waals surface area contributed by atoms with Crippen LogP contribution in [0.4, 0.5) is 0 Å². The molecule has 0 aliphatic carbocycles. The standard InChI is InChI=1S/C22H26N4O8/c1-12(5-3-7-23-2)9-25-20(31)13-10-24-19-14(6-4-8-26(19)21(13)32)33-22-18(30)17(29)16(28)15(11-27)34-22/h3-8,10,15-18,22,27-30H,2,9,11H2,1H3,(H,25,31)/b7-3-,12-5+/t15?,16-,17?,18?,22-/m1/s1. The van der Waals surface area contributed by atoms with Crippen LogP contribution in [0.1, 0.15) is 17.3 Å². The van der Waals surface area contributed by atoms with Gasteiger partial charge in [-0.1, -0.05) is 11.6 Å². The van der Waals surface area contributed by atoms with Crippen LogP contribution in [0.5, 0.6) is 5.75 Å². The lowest BCUT2D eigenvalue weighted by Gasteiger charge is -2.39. The molecule has 0 bridgehead atoms. The van der Waals surface area contributed by atoms with E-state index in [2.05, 4.69) is 22.0 Å². The summed E-state index contributed by atoms with van der Waals surface area (Å²) in [6, 6.07) is 2.91. The Morgan fingerprint density at radius 2 is 2.12 bits per heavy atom. The van der Waals surface area contributed by atoms with Gasteiger partial charge < -0.3 is 35.2 Å². The number of aliphatic imine (C=N–C) groups is 1. The van der Waals surface area contributed by atoms with Crippen LogP contribution in [0, 0.1) is 0 Å². The molecule has 3 unspecified atom stereocenters. The molecule has 0 radical (unpaired) electrons. The van der Waals surface area contributed by atoms with Crippen molar-refractivity contribution in [3.05, 3.63) is 64.4 Å². The number of allylic oxidation sites excluding steroid dienone is 2. The number of hydrogen-bond acceptors (Lipinski definition) is 10. The number of aromatic nitrogens is 2. The van der Waals surface area contributed by atoms with E-state index in [0.29, 0.717) is 0 Å². The van der Waals surface area contributed by atoms with Crippen molar-refractivity contribution in [2.24, 2.45) is 4.99 Å². The molecule has 1 aliphatic heterocycles. The van der Waals surface area contributed by atoms with Gasteiger partial charge in [-0.15, -0.1) is 0 Å². The van der Waals surface area contributed by atoms with Crippen molar-refractivity contribution in [2.45, 2.75) is 37.6 Å². The second kappa shape index (κ2) is 11.1. The van der Waals surface area contributed by atoms with E-state index in [9.17, 15) is 30.0 Å². The second-order valence-electron chi connectivity index (χ2n) is 7.58. The SMILES string of the molecule is C=N/C=C\C=C(/C)CNC(=O)c1cnc2c(O[C@@H]3OC(CO)[C@@H](O)C(O)C3O)cccn2c1=O. The normalized spacial score (nSPS) is 25.4. The van der Waals surface area contributed by atoms with Crippen LogP contribution in [0.15, 0.2) is 58.2 Å². The van der Waals surface area contributed by atoms with Crippen molar-refractivity contribution in [1.29, 1.82) is 0 Å². The first-order valence-electron chi connectivity index (χ1n) is 10.3. The number of fused-ring (bicyclic) bond motifs is 1. The predicted octanol–water partition coefficient (Wildman–Crippen LogP) is -1.24. The molecular weight excluding hydrogens is 448 g/mol. The van der Waals surface area contributed by atoms with Crippen molar-refractivity contribution in [1.82, 2.24) is 14.7 Å². The third-order valence-electron chi connectivity index (χ3n) is 5.13. The molecule has 1 saturated heterocycles. The minimum atomic E-state index is -1.64. The third kappa shape index (κ3) is 5.38. The van der Waals surface area contributed by atoms with Gasteiger partial charge in [0.1, 0.15) is 30.0 Å². The van der Waals surface area contributed by atoms with Crippen LogP contribution < -0.4 is 15.6 Å². The van der Waals surface area contributed by atoms with Gasteiger partial charge in [-0.3, -0.25) is 19.0 Å². The predicted molar refractivity (Wildman–Crippen MR) is 121 cm³/mol. The van der Waals surface area contributed by atoms with Crippen molar-refractivity contribution in [3.8, 4) is 5.75 Å². The summed E-state index contributed by atoms with van der Waals surface area (Å²) in [4.78, 5) is 33.1. The quantitative estimate of drug-likeness (QED) is 0.231. The number of hydrogen-bond donors (Lipinski definition) is 5. The van der Waals surface area contributed by atoms with E-state index < -0.39 is 48.8 Å². The molecule has 34 heavy (non-hydrogen) atoms. The molecule has 1 amide bonds. The van der Waals surface area contributed by atoms with E-state index in [1.54, 1.807) is 19.1 Å². The van der Waals surface area contributed by atoms with Crippen molar-refractivity contribution >= 4 is 18.3 Å². The number of rotatable bonds is 8. The van der Waals surface area contributed by atoms with Gasteiger partial charge in [-0.2, -0.15) is 0 Å². The highest BCUT2D eigenvalue weighted by atomic mass is 16.7. The van der Waals surface area contributed by atoms with Gasteiger partial charge in [0.15, 0.2) is 11.4 Å². The number of nitrogens with one attached hydrogen (secondary N) is 1. The maximum absolute atomic E-state index is 12.9. The molecule has 1 fully saturated rings. The molecule has 3 rings (SSSR count). The molecule has 182 valence electrons. The molecule has 5 N–H and O–H groups in total. The van der Waals surface area contributed by atoms with Crippen molar-refractivity contribution < 1.29 is 34.7 Å². The minimum absolute atomic E-state index is 0.0114. The number of pyridine rings is 1. The van der Waals surface area contributed by atoms with E-state index in [1.807, 2.05) is 0 Å². The number of nitrogens with zero attached hydrogens (tertiary/aromatic N) is 3. The summed E-state index contributed by atoms with van der Waals surface area (Å²) in [5.74, 6) is -0.608. The summed E-state index contributed by atoms with van der Waals surface area (Å²) in [6.07, 6.45) is -0.0286. The molecule has 2 aromatic heterocycles. The summed E-state index contributed by atoms with van der Waals surface area (Å²) in [6.45, 7) is 4.69. The number of carbonyl (C=O) groups is 1. The van der Waals surface area contributed by atoms with E-state index >= 15 is 0 Å². The van der Waals surface area contributed by atoms with E-state index in [1.165, 1.54) is 24.5 Å². The average Bonchev–Trinajstić information content (AvgIpc) is 2.83. The van der Waals surface area contributed by atoms with Gasteiger partial charge in [0.05, 0.1) is 6.61 Å². The Bertz CT molecular complexity index is 1160. The Hall–Kier alpha value is -3.42. The molecule has 2 aromatic rings. The van der Waals surface area contributed by atoms with E-state index in [-0.39, 0.29) is 23.5 Å². The lowest BCUT2D eigenvalue weighted by atomic mass is 9.99. The van der Waals surface area contributed by atoms with Gasteiger partial charge in [0, 0.05) is 25.1 Å². The molecule has 12 heteroatoms. The number of amides is 1. The summed E-state index contributed by atoms with van der Waals surface area (Å²) < 4.78 is 12.0. The first-order valence-corrected chi connectivity index (χ1v) is 10.3. The number of aliphatic hydroxyl groups is 4. The molecule has 0 spiro atoms. The van der Waals surface area contributed by atoms with Gasteiger partial charge in [-0.05, 0) is 31.9 Å². The smallest absolute Gasteiger partial charge is 0.270 e. The van der Waals surface area contributed by atoms with Gasteiger partial charge in [-0.25, -0.2) is 4.98 Å². The Labute approximate surface area is 194 Å². The van der Waals surface area contributed by atoms with Crippen LogP contribution in [-0.4, -0.2) is 86.3 Å². The van der Waals surface area contributed by atoms with Crippen LogP contribution in [0.2, 0.25) is 0 Å². The average molecular weight is 474 g/mol. The molecule has 0 aromatic carbocycles. The fourth-order valence-electron chi connectivity index (χ4n) is 3.26. The monoisotopic (exact) mass is 474 g/mol. The van der Waals surface area contributed by atoms with Gasteiger partial charge in [0.25, 0.3) is 11.5 Å². The largest absolute Gasteiger partial charge is 0.458 e. The van der Waals surface area contributed by atoms with Crippen LogP contribution in [0.25, 0.3) is 5.65 Å². The number of ether oxygens (including phenoxy) is 2. The van der Waals surface area contributed by atoms with Gasteiger partial charge >= 0.3 is 0 Å². The number of aliphatic hydroxyl groups excluding tert-OH is 4. The maximum atomic E-state index is 12.9. The Balaban J connectivity index is 1.82. The Morgan fingerprint density at radius 3 is 2.82 bits per heavy atom.